The third-order valence-electron chi connectivity index (χ3n) is 3.43. The highest BCUT2D eigenvalue weighted by molar-refractivity contribution is 8.01. The minimum absolute atomic E-state index is 0.299. The molecule has 2 aromatic rings. The number of rotatable bonds is 3. The molecule has 1 saturated heterocycles. The van der Waals surface area contributed by atoms with E-state index in [9.17, 15) is 8.42 Å². The molecule has 2 aromatic carbocycles. The van der Waals surface area contributed by atoms with E-state index in [1.54, 1.807) is 60.3 Å². The van der Waals surface area contributed by atoms with E-state index in [0.29, 0.717) is 21.5 Å². The van der Waals surface area contributed by atoms with Gasteiger partial charge in [0, 0.05) is 22.3 Å². The summed E-state index contributed by atoms with van der Waals surface area (Å²) in [7, 11) is -3.54. The lowest BCUT2D eigenvalue weighted by molar-refractivity contribution is 0.434. The number of benzene rings is 2. The van der Waals surface area contributed by atoms with Crippen LogP contribution in [0, 0.1) is 0 Å². The van der Waals surface area contributed by atoms with Crippen molar-refractivity contribution in [3.05, 3.63) is 64.1 Å². The Hall–Kier alpha value is -0.720. The highest BCUT2D eigenvalue weighted by Gasteiger charge is 2.37. The Morgan fingerprint density at radius 3 is 2.50 bits per heavy atom. The van der Waals surface area contributed by atoms with Crippen LogP contribution in [-0.2, 0) is 10.0 Å². The maximum absolute atomic E-state index is 12.8. The molecule has 1 heterocycles. The van der Waals surface area contributed by atoms with Crippen LogP contribution in [0.1, 0.15) is 10.9 Å². The van der Waals surface area contributed by atoms with Gasteiger partial charge in [-0.15, -0.1) is 11.8 Å². The van der Waals surface area contributed by atoms with Gasteiger partial charge in [0.1, 0.15) is 0 Å². The van der Waals surface area contributed by atoms with Crippen LogP contribution in [-0.4, -0.2) is 25.0 Å². The van der Waals surface area contributed by atoms with Crippen LogP contribution in [0.15, 0.2) is 53.4 Å². The molecule has 0 aliphatic carbocycles. The van der Waals surface area contributed by atoms with Crippen LogP contribution in [0.4, 0.5) is 0 Å². The Bertz CT molecular complexity index is 781. The molecule has 0 N–H and O–H groups in total. The molecule has 3 rings (SSSR count). The van der Waals surface area contributed by atoms with E-state index in [1.807, 2.05) is 0 Å². The monoisotopic (exact) mass is 373 g/mol. The molecule has 116 valence electrons. The summed E-state index contributed by atoms with van der Waals surface area (Å²) in [5.74, 6) is 0.732. The summed E-state index contributed by atoms with van der Waals surface area (Å²) >= 11 is 13.7. The first-order chi connectivity index (χ1) is 10.5. The quantitative estimate of drug-likeness (QED) is 0.798. The molecule has 1 atom stereocenters. The van der Waals surface area contributed by atoms with Crippen molar-refractivity contribution in [1.29, 1.82) is 0 Å². The molecular weight excluding hydrogens is 361 g/mol. The predicted octanol–water partition coefficient (Wildman–Crippen LogP) is 4.43. The normalized spacial score (nSPS) is 19.5. The van der Waals surface area contributed by atoms with Gasteiger partial charge in [0.15, 0.2) is 0 Å². The van der Waals surface area contributed by atoms with Gasteiger partial charge in [0.25, 0.3) is 0 Å². The zero-order valence-corrected chi connectivity index (χ0v) is 14.6. The van der Waals surface area contributed by atoms with Crippen LogP contribution in [0.25, 0.3) is 0 Å². The fourth-order valence-electron chi connectivity index (χ4n) is 2.38. The summed E-state index contributed by atoms with van der Waals surface area (Å²) in [6.45, 7) is 0.464. The van der Waals surface area contributed by atoms with E-state index in [1.165, 1.54) is 4.31 Å². The first kappa shape index (κ1) is 16.1. The molecule has 1 aliphatic heterocycles. The van der Waals surface area contributed by atoms with Crippen molar-refractivity contribution < 1.29 is 8.42 Å². The van der Waals surface area contributed by atoms with Crippen LogP contribution >= 0.6 is 35.0 Å². The van der Waals surface area contributed by atoms with Crippen LogP contribution in [0.3, 0.4) is 0 Å². The molecule has 0 saturated carbocycles. The van der Waals surface area contributed by atoms with E-state index >= 15 is 0 Å². The Labute approximate surface area is 144 Å². The number of halogens is 2. The second-order valence-corrected chi connectivity index (χ2v) is 8.74. The lowest BCUT2D eigenvalue weighted by atomic mass is 10.2. The lowest BCUT2D eigenvalue weighted by Crippen LogP contribution is -2.30. The second kappa shape index (κ2) is 6.42. The molecule has 3 nitrogen and oxygen atoms in total. The first-order valence-corrected chi connectivity index (χ1v) is 9.88. The summed E-state index contributed by atoms with van der Waals surface area (Å²) in [6, 6.07) is 13.6. The topological polar surface area (TPSA) is 37.4 Å². The maximum atomic E-state index is 12.8. The lowest BCUT2D eigenvalue weighted by Gasteiger charge is -2.24. The summed E-state index contributed by atoms with van der Waals surface area (Å²) in [6.07, 6.45) is 0. The Kier molecular flexibility index (Phi) is 4.71. The summed E-state index contributed by atoms with van der Waals surface area (Å²) < 4.78 is 27.2. The Morgan fingerprint density at radius 2 is 1.82 bits per heavy atom. The molecule has 1 aliphatic rings. The number of hydrogen-bond donors (Lipinski definition) is 0. The molecule has 0 bridgehead atoms. The van der Waals surface area contributed by atoms with Gasteiger partial charge >= 0.3 is 0 Å². The van der Waals surface area contributed by atoms with E-state index < -0.39 is 10.0 Å². The summed E-state index contributed by atoms with van der Waals surface area (Å²) in [5.41, 5.74) is 0.771. The van der Waals surface area contributed by atoms with Crippen molar-refractivity contribution >= 4 is 45.0 Å². The zero-order valence-electron chi connectivity index (χ0n) is 11.4. The van der Waals surface area contributed by atoms with Crippen molar-refractivity contribution in [2.75, 3.05) is 12.3 Å². The minimum atomic E-state index is -3.54. The van der Waals surface area contributed by atoms with Crippen LogP contribution in [0.5, 0.6) is 0 Å². The van der Waals surface area contributed by atoms with E-state index in [2.05, 4.69) is 0 Å². The fourth-order valence-corrected chi connectivity index (χ4v) is 6.24. The van der Waals surface area contributed by atoms with Gasteiger partial charge in [-0.2, -0.15) is 4.31 Å². The number of hydrogen-bond acceptors (Lipinski definition) is 3. The molecule has 0 radical (unpaired) electrons. The molecule has 0 aromatic heterocycles. The van der Waals surface area contributed by atoms with Crippen molar-refractivity contribution in [3.8, 4) is 0 Å². The van der Waals surface area contributed by atoms with Gasteiger partial charge in [-0.3, -0.25) is 0 Å². The third-order valence-corrected chi connectivity index (χ3v) is 7.24. The SMILES string of the molecule is O=S(=O)(c1ccccc1)N1CCS[C@@H]1c1ccc(Cl)cc1Cl. The first-order valence-electron chi connectivity index (χ1n) is 6.63. The zero-order chi connectivity index (χ0) is 15.7. The van der Waals surface area contributed by atoms with Gasteiger partial charge in [0.05, 0.1) is 10.3 Å². The standard InChI is InChI=1S/C15H13Cl2NO2S2/c16-11-6-7-13(14(17)10-11)15-18(8-9-21-15)22(19,20)12-4-2-1-3-5-12/h1-7,10,15H,8-9H2/t15-/m1/s1. The van der Waals surface area contributed by atoms with Gasteiger partial charge in [0.2, 0.25) is 10.0 Å². The molecule has 22 heavy (non-hydrogen) atoms. The molecule has 0 amide bonds. The third kappa shape index (κ3) is 3.01. The summed E-state index contributed by atoms with van der Waals surface area (Å²) in [4.78, 5) is 0.299. The highest BCUT2D eigenvalue weighted by Crippen LogP contribution is 2.44. The molecule has 0 spiro atoms. The van der Waals surface area contributed by atoms with Gasteiger partial charge < -0.3 is 0 Å². The molecule has 7 heteroatoms. The highest BCUT2D eigenvalue weighted by atomic mass is 35.5. The van der Waals surface area contributed by atoms with Crippen molar-refractivity contribution in [3.63, 3.8) is 0 Å². The van der Waals surface area contributed by atoms with E-state index in [0.717, 1.165) is 11.3 Å². The molecular formula is C15H13Cl2NO2S2. The van der Waals surface area contributed by atoms with E-state index in [4.69, 9.17) is 23.2 Å². The molecule has 0 unspecified atom stereocenters. The van der Waals surface area contributed by atoms with Crippen molar-refractivity contribution in [2.45, 2.75) is 10.3 Å². The Morgan fingerprint density at radius 1 is 1.09 bits per heavy atom. The van der Waals surface area contributed by atoms with Gasteiger partial charge in [-0.25, -0.2) is 8.42 Å². The number of nitrogens with zero attached hydrogens (tertiary/aromatic N) is 1. The maximum Gasteiger partial charge on any atom is 0.244 e. The Balaban J connectivity index is 2.00. The second-order valence-electron chi connectivity index (χ2n) is 4.82. The largest absolute Gasteiger partial charge is 0.244 e. The number of thioether (sulfide) groups is 1. The average Bonchev–Trinajstić information content (AvgIpc) is 2.98. The average molecular weight is 374 g/mol. The van der Waals surface area contributed by atoms with Gasteiger partial charge in [-0.05, 0) is 29.8 Å². The molecule has 1 fully saturated rings. The summed E-state index contributed by atoms with van der Waals surface area (Å²) in [5, 5.41) is 0.698. The van der Waals surface area contributed by atoms with Crippen LogP contribution < -0.4 is 0 Å². The van der Waals surface area contributed by atoms with Crippen molar-refractivity contribution in [2.24, 2.45) is 0 Å². The van der Waals surface area contributed by atoms with Crippen molar-refractivity contribution in [1.82, 2.24) is 4.31 Å². The van der Waals surface area contributed by atoms with Crippen LogP contribution in [0.2, 0.25) is 10.0 Å². The fraction of sp³-hybridized carbons (Fsp3) is 0.200. The smallest absolute Gasteiger partial charge is 0.207 e. The minimum Gasteiger partial charge on any atom is -0.207 e. The van der Waals surface area contributed by atoms with Gasteiger partial charge in [-0.1, -0.05) is 47.5 Å². The van der Waals surface area contributed by atoms with E-state index in [-0.39, 0.29) is 5.37 Å². The number of sulfonamides is 1. The predicted molar refractivity (Wildman–Crippen MR) is 92.0 cm³/mol.